The molecule has 1 nitrogen and oxygen atoms in total. The van der Waals surface area contributed by atoms with Crippen molar-refractivity contribution >= 4 is 0 Å². The third kappa shape index (κ3) is 2.53. The van der Waals surface area contributed by atoms with Crippen LogP contribution in [0.3, 0.4) is 0 Å². The molecular formula is C11H20O. The lowest BCUT2D eigenvalue weighted by Gasteiger charge is -2.35. The van der Waals surface area contributed by atoms with Gasteiger partial charge in [0, 0.05) is 5.41 Å². The highest BCUT2D eigenvalue weighted by atomic mass is 16.3. The molecule has 1 heteroatoms. The van der Waals surface area contributed by atoms with Gasteiger partial charge in [-0.25, -0.2) is 0 Å². The molecule has 0 bridgehead atoms. The van der Waals surface area contributed by atoms with Crippen LogP contribution >= 0.6 is 0 Å². The van der Waals surface area contributed by atoms with E-state index in [1.165, 1.54) is 0 Å². The van der Waals surface area contributed by atoms with Gasteiger partial charge in [-0.1, -0.05) is 40.0 Å². The first-order valence-corrected chi connectivity index (χ1v) is 4.57. The second kappa shape index (κ2) is 3.96. The van der Waals surface area contributed by atoms with Gasteiger partial charge in [0.15, 0.2) is 0 Å². The summed E-state index contributed by atoms with van der Waals surface area (Å²) in [5, 5.41) is 10.1. The van der Waals surface area contributed by atoms with Gasteiger partial charge >= 0.3 is 0 Å². The minimum absolute atomic E-state index is 0.225. The molecule has 0 rings (SSSR count). The number of aliphatic hydroxyl groups is 1. The van der Waals surface area contributed by atoms with Gasteiger partial charge in [-0.05, 0) is 12.8 Å². The summed E-state index contributed by atoms with van der Waals surface area (Å²) in [6.45, 7) is 8.02. The van der Waals surface area contributed by atoms with Crippen molar-refractivity contribution in [2.45, 2.75) is 52.6 Å². The van der Waals surface area contributed by atoms with Crippen molar-refractivity contribution in [3.8, 4) is 12.3 Å². The third-order valence-corrected chi connectivity index (χ3v) is 2.37. The Hall–Kier alpha value is -0.480. The van der Waals surface area contributed by atoms with E-state index in [0.29, 0.717) is 6.42 Å². The van der Waals surface area contributed by atoms with Gasteiger partial charge in [0.2, 0.25) is 0 Å². The van der Waals surface area contributed by atoms with Gasteiger partial charge in [0.05, 0.1) is 0 Å². The smallest absolute Gasteiger partial charge is 0.130 e. The number of hydrogen-bond acceptors (Lipinski definition) is 1. The molecule has 0 amide bonds. The summed E-state index contributed by atoms with van der Waals surface area (Å²) in [4.78, 5) is 0. The van der Waals surface area contributed by atoms with Crippen molar-refractivity contribution in [3.05, 3.63) is 0 Å². The van der Waals surface area contributed by atoms with Gasteiger partial charge in [0.25, 0.3) is 0 Å². The second-order valence-electron chi connectivity index (χ2n) is 4.36. The molecule has 0 spiro atoms. The van der Waals surface area contributed by atoms with Gasteiger partial charge < -0.3 is 5.11 Å². The summed E-state index contributed by atoms with van der Waals surface area (Å²) in [7, 11) is 0. The van der Waals surface area contributed by atoms with Crippen molar-refractivity contribution in [3.63, 3.8) is 0 Å². The number of terminal acetylenes is 1. The van der Waals surface area contributed by atoms with Crippen molar-refractivity contribution in [2.75, 3.05) is 0 Å². The molecule has 0 aromatic carbocycles. The van der Waals surface area contributed by atoms with Crippen LogP contribution in [0.4, 0.5) is 0 Å². The first-order chi connectivity index (χ1) is 5.37. The maximum Gasteiger partial charge on any atom is 0.130 e. The Morgan fingerprint density at radius 3 is 2.08 bits per heavy atom. The molecular weight excluding hydrogens is 148 g/mol. The molecule has 0 aliphatic carbocycles. The van der Waals surface area contributed by atoms with Crippen LogP contribution in [0.2, 0.25) is 0 Å². The molecule has 0 saturated heterocycles. The first-order valence-electron chi connectivity index (χ1n) is 4.57. The fourth-order valence-corrected chi connectivity index (χ4v) is 1.10. The quantitative estimate of drug-likeness (QED) is 0.642. The fourth-order valence-electron chi connectivity index (χ4n) is 1.10. The zero-order valence-electron chi connectivity index (χ0n) is 8.65. The highest BCUT2D eigenvalue weighted by molar-refractivity contribution is 5.12. The van der Waals surface area contributed by atoms with E-state index in [4.69, 9.17) is 6.42 Å². The molecule has 0 radical (unpaired) electrons. The predicted octanol–water partition coefficient (Wildman–Crippen LogP) is 2.59. The Morgan fingerprint density at radius 2 is 1.83 bits per heavy atom. The summed E-state index contributed by atoms with van der Waals surface area (Å²) in [6.07, 6.45) is 8.09. The molecule has 1 N–H and O–H groups in total. The van der Waals surface area contributed by atoms with Crippen molar-refractivity contribution in [1.82, 2.24) is 0 Å². The summed E-state index contributed by atoms with van der Waals surface area (Å²) in [6, 6.07) is 0. The predicted molar refractivity (Wildman–Crippen MR) is 52.8 cm³/mol. The molecule has 0 aromatic heterocycles. The van der Waals surface area contributed by atoms with Crippen LogP contribution < -0.4 is 0 Å². The Morgan fingerprint density at radius 1 is 1.33 bits per heavy atom. The Kier molecular flexibility index (Phi) is 3.80. The van der Waals surface area contributed by atoms with Crippen LogP contribution in [0, 0.1) is 17.8 Å². The van der Waals surface area contributed by atoms with Gasteiger partial charge in [-0.15, -0.1) is 6.42 Å². The number of rotatable bonds is 3. The molecule has 0 fully saturated rings. The molecule has 0 heterocycles. The Bertz CT molecular complexity index is 170. The van der Waals surface area contributed by atoms with Crippen LogP contribution in [-0.4, -0.2) is 10.7 Å². The lowest BCUT2D eigenvalue weighted by atomic mass is 9.74. The molecule has 1 atom stereocenters. The maximum atomic E-state index is 10.1. The topological polar surface area (TPSA) is 20.2 Å². The summed E-state index contributed by atoms with van der Waals surface area (Å²) >= 11 is 0. The van der Waals surface area contributed by atoms with E-state index in [0.717, 1.165) is 12.8 Å². The van der Waals surface area contributed by atoms with E-state index in [2.05, 4.69) is 12.8 Å². The first kappa shape index (κ1) is 11.5. The van der Waals surface area contributed by atoms with Crippen molar-refractivity contribution < 1.29 is 5.11 Å². The second-order valence-corrected chi connectivity index (χ2v) is 4.36. The monoisotopic (exact) mass is 168 g/mol. The van der Waals surface area contributed by atoms with Gasteiger partial charge in [-0.3, -0.25) is 0 Å². The average Bonchev–Trinajstić information content (AvgIpc) is 1.98. The Balaban J connectivity index is 4.38. The molecule has 70 valence electrons. The van der Waals surface area contributed by atoms with Crippen molar-refractivity contribution in [1.29, 1.82) is 0 Å². The van der Waals surface area contributed by atoms with E-state index < -0.39 is 5.60 Å². The maximum absolute atomic E-state index is 10.1. The summed E-state index contributed by atoms with van der Waals surface area (Å²) in [5.74, 6) is 2.51. The van der Waals surface area contributed by atoms with E-state index >= 15 is 0 Å². The molecule has 0 saturated carbocycles. The fraction of sp³-hybridized carbons (Fsp3) is 0.818. The highest BCUT2D eigenvalue weighted by Crippen LogP contribution is 2.33. The van der Waals surface area contributed by atoms with E-state index in [-0.39, 0.29) is 5.41 Å². The van der Waals surface area contributed by atoms with Crippen LogP contribution in [0.15, 0.2) is 0 Å². The molecule has 1 unspecified atom stereocenters. The largest absolute Gasteiger partial charge is 0.377 e. The standard InChI is InChI=1S/C11H20O/c1-6-8-9-11(12,7-2)10(3,4)5/h2,12H,6,8-9H2,1,3-5H3. The third-order valence-electron chi connectivity index (χ3n) is 2.37. The van der Waals surface area contributed by atoms with Crippen LogP contribution in [0.1, 0.15) is 47.0 Å². The lowest BCUT2D eigenvalue weighted by Crippen LogP contribution is -2.41. The summed E-state index contributed by atoms with van der Waals surface area (Å²) in [5.41, 5.74) is -1.17. The average molecular weight is 168 g/mol. The summed E-state index contributed by atoms with van der Waals surface area (Å²) < 4.78 is 0. The van der Waals surface area contributed by atoms with Crippen LogP contribution in [-0.2, 0) is 0 Å². The number of hydrogen-bond donors (Lipinski definition) is 1. The zero-order chi connectivity index (χ0) is 9.83. The minimum Gasteiger partial charge on any atom is -0.377 e. The SMILES string of the molecule is C#CC(O)(CCCC)C(C)(C)C. The molecule has 0 aromatic rings. The zero-order valence-corrected chi connectivity index (χ0v) is 8.65. The Labute approximate surface area is 76.2 Å². The molecule has 12 heavy (non-hydrogen) atoms. The van der Waals surface area contributed by atoms with E-state index in [1.54, 1.807) is 0 Å². The molecule has 0 aliphatic rings. The van der Waals surface area contributed by atoms with E-state index in [1.807, 2.05) is 20.8 Å². The van der Waals surface area contributed by atoms with Gasteiger partial charge in [0.1, 0.15) is 5.60 Å². The lowest BCUT2D eigenvalue weighted by molar-refractivity contribution is -0.0131. The highest BCUT2D eigenvalue weighted by Gasteiger charge is 2.37. The number of unbranched alkanes of at least 4 members (excludes halogenated alkanes) is 1. The normalized spacial score (nSPS) is 16.7. The van der Waals surface area contributed by atoms with Gasteiger partial charge in [-0.2, -0.15) is 0 Å². The van der Waals surface area contributed by atoms with E-state index in [9.17, 15) is 5.11 Å². The van der Waals surface area contributed by atoms with Crippen molar-refractivity contribution in [2.24, 2.45) is 5.41 Å². The van der Waals surface area contributed by atoms with Crippen LogP contribution in [0.5, 0.6) is 0 Å². The minimum atomic E-state index is -0.941. The van der Waals surface area contributed by atoms with Crippen LogP contribution in [0.25, 0.3) is 0 Å². The molecule has 0 aliphatic heterocycles.